The molecule has 0 spiro atoms. The van der Waals surface area contributed by atoms with Gasteiger partial charge in [-0.05, 0) is 78.5 Å². The van der Waals surface area contributed by atoms with Crippen LogP contribution in [0.25, 0.3) is 0 Å². The Morgan fingerprint density at radius 1 is 1.00 bits per heavy atom. The van der Waals surface area contributed by atoms with E-state index in [0.29, 0.717) is 6.54 Å². The van der Waals surface area contributed by atoms with Gasteiger partial charge in [-0.1, -0.05) is 18.2 Å². The summed E-state index contributed by atoms with van der Waals surface area (Å²) in [6.07, 6.45) is 0. The average molecular weight is 487 g/mol. The van der Waals surface area contributed by atoms with E-state index in [-0.39, 0.29) is 17.9 Å². The van der Waals surface area contributed by atoms with Crippen molar-refractivity contribution >= 4 is 39.1 Å². The summed E-state index contributed by atoms with van der Waals surface area (Å²) in [6, 6.07) is 11.6. The molecule has 0 aromatic heterocycles. The van der Waals surface area contributed by atoms with Crippen LogP contribution in [0.3, 0.4) is 0 Å². The predicted molar refractivity (Wildman–Crippen MR) is 130 cm³/mol. The third-order valence-corrected chi connectivity index (χ3v) is 6.62. The fourth-order valence-electron chi connectivity index (χ4n) is 3.71. The molecule has 1 aliphatic rings. The first kappa shape index (κ1) is 23.4. The number of hydrogen-bond acceptors (Lipinski definition) is 4. The van der Waals surface area contributed by atoms with E-state index in [9.17, 15) is 9.59 Å². The number of benzene rings is 2. The van der Waals surface area contributed by atoms with Gasteiger partial charge in [0.2, 0.25) is 11.8 Å². The lowest BCUT2D eigenvalue weighted by Gasteiger charge is -2.37. The van der Waals surface area contributed by atoms with E-state index in [1.165, 1.54) is 0 Å². The van der Waals surface area contributed by atoms with Crippen molar-refractivity contribution in [2.45, 2.75) is 33.7 Å². The molecule has 1 aliphatic heterocycles. The molecule has 0 saturated carbocycles. The first-order chi connectivity index (χ1) is 14.7. The zero-order chi connectivity index (χ0) is 22.5. The normalized spacial score (nSPS) is 16.0. The molecular weight excluding hydrogens is 456 g/mol. The molecule has 1 saturated heterocycles. The highest BCUT2D eigenvalue weighted by Crippen LogP contribution is 2.24. The second-order valence-corrected chi connectivity index (χ2v) is 9.11. The van der Waals surface area contributed by atoms with Crippen LogP contribution >= 0.6 is 15.9 Å². The van der Waals surface area contributed by atoms with E-state index >= 15 is 0 Å². The third kappa shape index (κ3) is 6.15. The summed E-state index contributed by atoms with van der Waals surface area (Å²) >= 11 is 3.51. The molecule has 0 bridgehead atoms. The fraction of sp³-hybridized carbons (Fsp3) is 0.417. The Bertz CT molecular complexity index is 955. The molecule has 166 valence electrons. The predicted octanol–water partition coefficient (Wildman–Crippen LogP) is 3.96. The Morgan fingerprint density at radius 3 is 2.39 bits per heavy atom. The zero-order valence-electron chi connectivity index (χ0n) is 18.7. The van der Waals surface area contributed by atoms with Gasteiger partial charge in [0.25, 0.3) is 0 Å². The van der Waals surface area contributed by atoms with Gasteiger partial charge in [-0.15, -0.1) is 0 Å². The molecule has 2 N–H and O–H groups in total. The highest BCUT2D eigenvalue weighted by atomic mass is 79.9. The number of carbonyl (C=O) groups excluding carboxylic acids is 2. The molecule has 7 heteroatoms. The Balaban J connectivity index is 1.47. The van der Waals surface area contributed by atoms with E-state index in [1.54, 1.807) is 0 Å². The smallest absolute Gasteiger partial charge is 0.241 e. The lowest BCUT2D eigenvalue weighted by molar-refractivity contribution is -0.122. The van der Waals surface area contributed by atoms with E-state index in [1.807, 2.05) is 64.1 Å². The minimum absolute atomic E-state index is 0.00263. The van der Waals surface area contributed by atoms with Gasteiger partial charge in [0, 0.05) is 36.3 Å². The van der Waals surface area contributed by atoms with Crippen LogP contribution in [0.4, 0.5) is 11.4 Å². The number of carbonyl (C=O) groups is 2. The number of piperazine rings is 1. The number of aryl methyl sites for hydroxylation is 2. The molecule has 2 aromatic rings. The lowest BCUT2D eigenvalue weighted by atomic mass is 10.1. The number of nitrogens with zero attached hydrogens (tertiary/aromatic N) is 2. The van der Waals surface area contributed by atoms with Crippen molar-refractivity contribution in [2.24, 2.45) is 0 Å². The Morgan fingerprint density at radius 2 is 1.71 bits per heavy atom. The molecule has 0 radical (unpaired) electrons. The number of anilines is 2. The van der Waals surface area contributed by atoms with Crippen LogP contribution in [-0.2, 0) is 9.59 Å². The Hall–Kier alpha value is -2.22. The lowest BCUT2D eigenvalue weighted by Crippen LogP contribution is -2.53. The molecule has 2 amide bonds. The highest BCUT2D eigenvalue weighted by Gasteiger charge is 2.26. The summed E-state index contributed by atoms with van der Waals surface area (Å²) in [4.78, 5) is 29.5. The number of halogens is 1. The van der Waals surface area contributed by atoms with Gasteiger partial charge < -0.3 is 10.6 Å². The summed E-state index contributed by atoms with van der Waals surface area (Å²) in [5, 5.41) is 6.03. The summed E-state index contributed by atoms with van der Waals surface area (Å²) < 4.78 is 0.882. The Kier molecular flexibility index (Phi) is 7.86. The van der Waals surface area contributed by atoms with Crippen LogP contribution in [-0.4, -0.2) is 60.4 Å². The molecule has 1 atom stereocenters. The van der Waals surface area contributed by atoms with Crippen molar-refractivity contribution in [3.05, 3.63) is 57.6 Å². The number of rotatable bonds is 6. The van der Waals surface area contributed by atoms with Crippen molar-refractivity contribution < 1.29 is 9.59 Å². The van der Waals surface area contributed by atoms with Crippen LogP contribution in [0.15, 0.2) is 40.9 Å². The molecule has 3 rings (SSSR count). The van der Waals surface area contributed by atoms with Gasteiger partial charge in [-0.25, -0.2) is 0 Å². The van der Waals surface area contributed by atoms with Gasteiger partial charge in [-0.2, -0.15) is 0 Å². The van der Waals surface area contributed by atoms with Crippen LogP contribution in [0.2, 0.25) is 0 Å². The van der Waals surface area contributed by atoms with Gasteiger partial charge >= 0.3 is 0 Å². The number of amides is 2. The first-order valence-corrected chi connectivity index (χ1v) is 11.4. The first-order valence-electron chi connectivity index (χ1n) is 10.6. The van der Waals surface area contributed by atoms with E-state index in [4.69, 9.17) is 0 Å². The molecule has 2 aromatic carbocycles. The molecule has 1 unspecified atom stereocenters. The Labute approximate surface area is 193 Å². The molecule has 6 nitrogen and oxygen atoms in total. The van der Waals surface area contributed by atoms with Crippen LogP contribution < -0.4 is 10.6 Å². The topological polar surface area (TPSA) is 64.7 Å². The van der Waals surface area contributed by atoms with Gasteiger partial charge in [-0.3, -0.25) is 19.4 Å². The van der Waals surface area contributed by atoms with E-state index in [0.717, 1.165) is 58.7 Å². The maximum absolute atomic E-state index is 12.7. The summed E-state index contributed by atoms with van der Waals surface area (Å²) in [5.41, 5.74) is 5.05. The van der Waals surface area contributed by atoms with Crippen LogP contribution in [0.1, 0.15) is 23.6 Å². The van der Waals surface area contributed by atoms with Crippen molar-refractivity contribution in [1.29, 1.82) is 0 Å². The summed E-state index contributed by atoms with van der Waals surface area (Å²) in [7, 11) is 0. The minimum atomic E-state index is -0.237. The van der Waals surface area contributed by atoms with Crippen molar-refractivity contribution in [1.82, 2.24) is 9.80 Å². The largest absolute Gasteiger partial charge is 0.325 e. The maximum Gasteiger partial charge on any atom is 0.241 e. The zero-order valence-corrected chi connectivity index (χ0v) is 20.3. The number of nitrogens with one attached hydrogen (secondary N) is 2. The SMILES string of the molecule is Cc1ccc(NC(=O)C(C)N2CCN(CC(=O)Nc3cccc(C)c3C)CC2)c(Br)c1. The van der Waals surface area contributed by atoms with Gasteiger partial charge in [0.1, 0.15) is 0 Å². The van der Waals surface area contributed by atoms with Crippen molar-refractivity contribution in [3.8, 4) is 0 Å². The van der Waals surface area contributed by atoms with Crippen LogP contribution in [0.5, 0.6) is 0 Å². The minimum Gasteiger partial charge on any atom is -0.325 e. The van der Waals surface area contributed by atoms with Gasteiger partial charge in [0.15, 0.2) is 0 Å². The molecule has 0 aliphatic carbocycles. The average Bonchev–Trinajstić information content (AvgIpc) is 2.73. The monoisotopic (exact) mass is 486 g/mol. The fourth-order valence-corrected chi connectivity index (χ4v) is 4.30. The summed E-state index contributed by atoms with van der Waals surface area (Å²) in [6.45, 7) is 11.4. The molecule has 1 heterocycles. The van der Waals surface area contributed by atoms with Crippen LogP contribution in [0, 0.1) is 20.8 Å². The number of hydrogen-bond donors (Lipinski definition) is 2. The summed E-state index contributed by atoms with van der Waals surface area (Å²) in [5.74, 6) is -0.0252. The standard InChI is InChI=1S/C24H31BrN4O2/c1-16-8-9-22(20(25)14-16)27-24(31)19(4)29-12-10-28(11-13-29)15-23(30)26-21-7-5-6-17(2)18(21)3/h5-9,14,19H,10-13,15H2,1-4H3,(H,26,30)(H,27,31). The maximum atomic E-state index is 12.7. The molecule has 1 fully saturated rings. The molecule has 31 heavy (non-hydrogen) atoms. The van der Waals surface area contributed by atoms with E-state index < -0.39 is 0 Å². The van der Waals surface area contributed by atoms with Gasteiger partial charge in [0.05, 0.1) is 18.3 Å². The van der Waals surface area contributed by atoms with E-state index in [2.05, 4.69) is 36.4 Å². The highest BCUT2D eigenvalue weighted by molar-refractivity contribution is 9.10. The third-order valence-electron chi connectivity index (χ3n) is 5.96. The second-order valence-electron chi connectivity index (χ2n) is 8.26. The van der Waals surface area contributed by atoms with Crippen molar-refractivity contribution in [3.63, 3.8) is 0 Å². The second kappa shape index (κ2) is 10.4. The van der Waals surface area contributed by atoms with Crippen molar-refractivity contribution in [2.75, 3.05) is 43.4 Å². The molecular formula is C24H31BrN4O2. The quantitative estimate of drug-likeness (QED) is 0.648.